The van der Waals surface area contributed by atoms with E-state index in [1.807, 2.05) is 42.5 Å². The van der Waals surface area contributed by atoms with Gasteiger partial charge in [-0.15, -0.1) is 0 Å². The number of amides is 3. The van der Waals surface area contributed by atoms with E-state index in [1.165, 1.54) is 6.92 Å². The van der Waals surface area contributed by atoms with Gasteiger partial charge in [0.1, 0.15) is 0 Å². The minimum atomic E-state index is -0.199. The van der Waals surface area contributed by atoms with Crippen molar-refractivity contribution in [1.29, 1.82) is 0 Å². The van der Waals surface area contributed by atoms with Crippen LogP contribution in [0.5, 0.6) is 0 Å². The van der Waals surface area contributed by atoms with E-state index in [0.29, 0.717) is 29.9 Å². The predicted molar refractivity (Wildman–Crippen MR) is 128 cm³/mol. The molecule has 0 heterocycles. The Morgan fingerprint density at radius 1 is 0.625 bits per heavy atom. The highest BCUT2D eigenvalue weighted by Crippen LogP contribution is 2.15. The quantitative estimate of drug-likeness (QED) is 0.407. The van der Waals surface area contributed by atoms with Gasteiger partial charge in [-0.1, -0.05) is 30.3 Å². The molecule has 7 nitrogen and oxygen atoms in total. The Labute approximate surface area is 187 Å². The monoisotopic (exact) mass is 430 g/mol. The van der Waals surface area contributed by atoms with Crippen molar-refractivity contribution in [2.24, 2.45) is 0 Å². The second kappa shape index (κ2) is 11.3. The maximum Gasteiger partial charge on any atom is 0.243 e. The van der Waals surface area contributed by atoms with E-state index in [0.717, 1.165) is 11.3 Å². The zero-order chi connectivity index (χ0) is 22.8. The average molecular weight is 431 g/mol. The molecule has 0 unspecified atom stereocenters. The smallest absolute Gasteiger partial charge is 0.243 e. The van der Waals surface area contributed by atoms with Gasteiger partial charge >= 0.3 is 0 Å². The van der Waals surface area contributed by atoms with Crippen LogP contribution in [0.1, 0.15) is 18.9 Å². The van der Waals surface area contributed by atoms with Gasteiger partial charge in [0.05, 0.1) is 6.54 Å². The molecular formula is C25H26N4O3. The van der Waals surface area contributed by atoms with Gasteiger partial charge in [0.15, 0.2) is 0 Å². The Morgan fingerprint density at radius 3 is 1.69 bits per heavy atom. The van der Waals surface area contributed by atoms with Crippen LogP contribution >= 0.6 is 0 Å². The Balaban J connectivity index is 1.40. The lowest BCUT2D eigenvalue weighted by Gasteiger charge is -2.10. The molecule has 0 saturated heterocycles. The third kappa shape index (κ3) is 7.60. The van der Waals surface area contributed by atoms with Gasteiger partial charge in [-0.25, -0.2) is 0 Å². The van der Waals surface area contributed by atoms with Crippen LogP contribution < -0.4 is 21.3 Å². The fraction of sp³-hybridized carbons (Fsp3) is 0.160. The Bertz CT molecular complexity index is 1050. The molecule has 0 aliphatic rings. The summed E-state index contributed by atoms with van der Waals surface area (Å²) < 4.78 is 0. The van der Waals surface area contributed by atoms with Gasteiger partial charge in [-0.2, -0.15) is 0 Å². The SMILES string of the molecule is CC(=O)Nc1ccc(NC(=O)CNc2ccc(NC(=O)CCc3ccccc3)cc2)cc1. The molecule has 32 heavy (non-hydrogen) atoms. The number of nitrogens with one attached hydrogen (secondary N) is 4. The highest BCUT2D eigenvalue weighted by atomic mass is 16.2. The fourth-order valence-corrected chi connectivity index (χ4v) is 3.03. The molecule has 3 aromatic carbocycles. The standard InChI is InChI=1S/C25H26N4O3/c1-18(30)27-21-12-14-23(15-13-21)29-25(32)17-26-20-8-10-22(11-9-20)28-24(31)16-7-19-5-3-2-4-6-19/h2-6,8-15,26H,7,16-17H2,1H3,(H,27,30)(H,28,31)(H,29,32). The van der Waals surface area contributed by atoms with E-state index >= 15 is 0 Å². The highest BCUT2D eigenvalue weighted by molar-refractivity contribution is 5.94. The third-order valence-electron chi connectivity index (χ3n) is 4.59. The van der Waals surface area contributed by atoms with Crippen LogP contribution in [0, 0.1) is 0 Å². The molecular weight excluding hydrogens is 404 g/mol. The van der Waals surface area contributed by atoms with Crippen LogP contribution in [0.15, 0.2) is 78.9 Å². The molecule has 164 valence electrons. The normalized spacial score (nSPS) is 10.2. The van der Waals surface area contributed by atoms with Crippen LogP contribution in [0.3, 0.4) is 0 Å². The van der Waals surface area contributed by atoms with Crippen LogP contribution in [-0.4, -0.2) is 24.3 Å². The minimum absolute atomic E-state index is 0.0431. The Kier molecular flexibility index (Phi) is 7.97. The summed E-state index contributed by atoms with van der Waals surface area (Å²) in [5.41, 5.74) is 3.91. The molecule has 0 radical (unpaired) electrons. The molecule has 0 saturated carbocycles. The second-order valence-electron chi connectivity index (χ2n) is 7.27. The number of anilines is 4. The van der Waals surface area contributed by atoms with Crippen molar-refractivity contribution >= 4 is 40.5 Å². The molecule has 0 bridgehead atoms. The number of carbonyl (C=O) groups is 3. The summed E-state index contributed by atoms with van der Waals surface area (Å²) in [4.78, 5) is 35.3. The van der Waals surface area contributed by atoms with Gasteiger partial charge in [0.2, 0.25) is 17.7 Å². The Hall–Kier alpha value is -4.13. The van der Waals surface area contributed by atoms with Crippen molar-refractivity contribution in [3.05, 3.63) is 84.4 Å². The van der Waals surface area contributed by atoms with Crippen LogP contribution in [-0.2, 0) is 20.8 Å². The molecule has 0 aliphatic carbocycles. The first-order chi connectivity index (χ1) is 15.5. The summed E-state index contributed by atoms with van der Waals surface area (Å²) in [7, 11) is 0. The maximum absolute atomic E-state index is 12.1. The first kappa shape index (κ1) is 22.6. The van der Waals surface area contributed by atoms with E-state index in [2.05, 4.69) is 21.3 Å². The van der Waals surface area contributed by atoms with Crippen molar-refractivity contribution in [3.8, 4) is 0 Å². The van der Waals surface area contributed by atoms with Crippen LogP contribution in [0.25, 0.3) is 0 Å². The summed E-state index contributed by atoms with van der Waals surface area (Å²) in [6.07, 6.45) is 1.10. The fourth-order valence-electron chi connectivity index (χ4n) is 3.03. The molecule has 3 amide bonds. The van der Waals surface area contributed by atoms with Gasteiger partial charge in [-0.3, -0.25) is 14.4 Å². The number of hydrogen-bond acceptors (Lipinski definition) is 4. The van der Waals surface area contributed by atoms with Crippen LogP contribution in [0.2, 0.25) is 0 Å². The van der Waals surface area contributed by atoms with E-state index in [-0.39, 0.29) is 24.3 Å². The topological polar surface area (TPSA) is 99.3 Å². The zero-order valence-corrected chi connectivity index (χ0v) is 17.9. The number of rotatable bonds is 9. The van der Waals surface area contributed by atoms with Crippen molar-refractivity contribution < 1.29 is 14.4 Å². The molecule has 0 spiro atoms. The summed E-state index contributed by atoms with van der Waals surface area (Å²) >= 11 is 0. The lowest BCUT2D eigenvalue weighted by Crippen LogP contribution is -2.21. The first-order valence-electron chi connectivity index (χ1n) is 10.3. The number of benzene rings is 3. The second-order valence-corrected chi connectivity index (χ2v) is 7.27. The number of hydrogen-bond donors (Lipinski definition) is 4. The van der Waals surface area contributed by atoms with Gasteiger partial charge in [0.25, 0.3) is 0 Å². The molecule has 3 aromatic rings. The van der Waals surface area contributed by atoms with Crippen LogP contribution in [0.4, 0.5) is 22.7 Å². The van der Waals surface area contributed by atoms with Gasteiger partial charge < -0.3 is 21.3 Å². The van der Waals surface area contributed by atoms with E-state index in [9.17, 15) is 14.4 Å². The first-order valence-corrected chi connectivity index (χ1v) is 10.3. The van der Waals surface area contributed by atoms with Gasteiger partial charge in [0, 0.05) is 36.1 Å². The summed E-state index contributed by atoms with van der Waals surface area (Å²) in [5.74, 6) is -0.391. The third-order valence-corrected chi connectivity index (χ3v) is 4.59. The summed E-state index contributed by atoms with van der Waals surface area (Å²) in [6.45, 7) is 1.53. The zero-order valence-electron chi connectivity index (χ0n) is 17.9. The summed E-state index contributed by atoms with van der Waals surface area (Å²) in [5, 5.41) is 11.4. The van der Waals surface area contributed by atoms with Crippen molar-refractivity contribution in [1.82, 2.24) is 0 Å². The maximum atomic E-state index is 12.1. The highest BCUT2D eigenvalue weighted by Gasteiger charge is 2.05. The lowest BCUT2D eigenvalue weighted by atomic mass is 10.1. The predicted octanol–water partition coefficient (Wildman–Crippen LogP) is 4.27. The van der Waals surface area contributed by atoms with Crippen molar-refractivity contribution in [2.45, 2.75) is 19.8 Å². The van der Waals surface area contributed by atoms with E-state index in [1.54, 1.807) is 36.4 Å². The lowest BCUT2D eigenvalue weighted by molar-refractivity contribution is -0.116. The molecule has 3 rings (SSSR count). The van der Waals surface area contributed by atoms with Crippen molar-refractivity contribution in [3.63, 3.8) is 0 Å². The molecule has 7 heteroatoms. The molecule has 0 atom stereocenters. The van der Waals surface area contributed by atoms with Crippen molar-refractivity contribution in [2.75, 3.05) is 27.8 Å². The van der Waals surface area contributed by atoms with Gasteiger partial charge in [-0.05, 0) is 60.5 Å². The van der Waals surface area contributed by atoms with E-state index < -0.39 is 0 Å². The number of carbonyl (C=O) groups excluding carboxylic acids is 3. The number of aryl methyl sites for hydroxylation is 1. The average Bonchev–Trinajstić information content (AvgIpc) is 2.79. The largest absolute Gasteiger partial charge is 0.376 e. The molecule has 0 aliphatic heterocycles. The van der Waals surface area contributed by atoms with E-state index in [4.69, 9.17) is 0 Å². The molecule has 4 N–H and O–H groups in total. The Morgan fingerprint density at radius 2 is 1.12 bits per heavy atom. The molecule has 0 fully saturated rings. The summed E-state index contributed by atoms with van der Waals surface area (Å²) in [6, 6.07) is 24.0. The minimum Gasteiger partial charge on any atom is -0.376 e. The molecule has 0 aromatic heterocycles.